The second-order valence-electron chi connectivity index (χ2n) is 18.9. The van der Waals surface area contributed by atoms with E-state index in [1.165, 1.54) is 67.7 Å². The van der Waals surface area contributed by atoms with Crippen LogP contribution in [-0.2, 0) is 38.3 Å². The number of hydrogen-bond donors (Lipinski definition) is 15. The number of benzene rings is 4. The molecule has 0 saturated carbocycles. The van der Waals surface area contributed by atoms with Gasteiger partial charge >= 0.3 is 5.97 Å². The maximum atomic E-state index is 15.2. The van der Waals surface area contributed by atoms with Gasteiger partial charge in [0.2, 0.25) is 47.5 Å². The molecule has 9 rings (SSSR count). The number of hydrogen-bond acceptors (Lipinski definition) is 19. The highest BCUT2D eigenvalue weighted by molar-refractivity contribution is 5.99. The van der Waals surface area contributed by atoms with Crippen LogP contribution in [0.5, 0.6) is 34.5 Å². The lowest BCUT2D eigenvalue weighted by Crippen LogP contribution is -2.60. The number of aromatic hydroxyl groups is 1. The van der Waals surface area contributed by atoms with E-state index in [0.717, 1.165) is 24.3 Å². The maximum Gasteiger partial charge on any atom is 0.329 e. The van der Waals surface area contributed by atoms with Gasteiger partial charge in [-0.25, -0.2) is 4.79 Å². The van der Waals surface area contributed by atoms with Gasteiger partial charge in [-0.3, -0.25) is 28.8 Å². The summed E-state index contributed by atoms with van der Waals surface area (Å²) in [4.78, 5) is 97.8. The summed E-state index contributed by atoms with van der Waals surface area (Å²) in [5, 5.41) is 101. The van der Waals surface area contributed by atoms with Crippen molar-refractivity contribution in [2.24, 2.45) is 11.7 Å². The number of phenolic OH excluding ortho intramolecular Hbond substituents is 1. The molecule has 0 radical (unpaired) electrons. The van der Waals surface area contributed by atoms with Crippen molar-refractivity contribution >= 4 is 41.4 Å². The molecule has 0 aromatic heterocycles. The molecule has 5 aliphatic heterocycles. The normalized spacial score (nSPS) is 27.2. The van der Waals surface area contributed by atoms with Crippen LogP contribution in [0.3, 0.4) is 0 Å². The first-order chi connectivity index (χ1) is 36.6. The van der Waals surface area contributed by atoms with Crippen molar-refractivity contribution < 1.29 is 93.4 Å². The van der Waals surface area contributed by atoms with Gasteiger partial charge in [0.15, 0.2) is 17.5 Å². The number of carbonyl (C=O) groups excluding carboxylic acids is 6. The lowest BCUT2D eigenvalue weighted by molar-refractivity contribution is -0.277. The fourth-order valence-corrected chi connectivity index (χ4v) is 8.71. The third-order valence-electron chi connectivity index (χ3n) is 12.9. The first-order valence-corrected chi connectivity index (χ1v) is 24.1. The third kappa shape index (κ3) is 13.2. The zero-order valence-electron chi connectivity index (χ0n) is 41.4. The van der Waals surface area contributed by atoms with Crippen LogP contribution in [0.1, 0.15) is 73.2 Å². The molecule has 26 heteroatoms. The summed E-state index contributed by atoms with van der Waals surface area (Å²) < 4.78 is 24.6. The second kappa shape index (κ2) is 24.4. The minimum Gasteiger partial charge on any atom is -0.508 e. The number of ether oxygens (including phenoxy) is 4. The predicted octanol–water partition coefficient (Wildman–Crippen LogP) is -1.69. The molecule has 16 N–H and O–H groups in total. The van der Waals surface area contributed by atoms with Gasteiger partial charge in [0, 0.05) is 0 Å². The van der Waals surface area contributed by atoms with E-state index in [0.29, 0.717) is 0 Å². The van der Waals surface area contributed by atoms with E-state index < -0.39 is 151 Å². The average Bonchev–Trinajstić information content (AvgIpc) is 3.40. The summed E-state index contributed by atoms with van der Waals surface area (Å²) in [6.07, 6.45) is -13.8. The molecule has 1 saturated heterocycles. The molecule has 26 nitrogen and oxygen atoms in total. The van der Waals surface area contributed by atoms with Crippen molar-refractivity contribution in [2.45, 2.75) is 106 Å². The standard InChI is InChI=1S/C51H59N7O19/c1-21(2)16-29(53-3)45(67)57-37-39(62)23-6-12-27(13-7-23)74-31-17-25-18-32(44(31)77-51-43(66)42(65)41(64)33(20-59)76-51)75-28-14-8-24(9-15-28)40(63)38(50(72)73)58-47(69)35(22-4-10-26(60)11-5-22)56-48(70)36(25)55-46(68)30(19-34(52)61)54-49(37)71/h4-15,17-18,21,29-30,33,35-43,51,53,59-60,62-66H,16,19-20H2,1-3H3,(H2,52,61)(H,54,71)(H,55,68)(H,56,70)(H,57,67)(H,58,69)(H,72,73)/t29-,30+,33-,35-,36-,37+,38-,39+,40+,41-,42+,43-,51+/m1/s1. The van der Waals surface area contributed by atoms with E-state index in [1.54, 1.807) is 0 Å². The molecule has 77 heavy (non-hydrogen) atoms. The van der Waals surface area contributed by atoms with Crippen LogP contribution in [-0.4, -0.2) is 151 Å². The maximum absolute atomic E-state index is 15.2. The summed E-state index contributed by atoms with van der Waals surface area (Å²) in [6.45, 7) is 2.83. The molecule has 7 bridgehead atoms. The molecule has 0 spiro atoms. The van der Waals surface area contributed by atoms with E-state index >= 15 is 4.79 Å². The van der Waals surface area contributed by atoms with Gasteiger partial charge in [0.05, 0.1) is 19.1 Å². The lowest BCUT2D eigenvalue weighted by Gasteiger charge is -2.39. The van der Waals surface area contributed by atoms with Gasteiger partial charge in [-0.2, -0.15) is 0 Å². The highest BCUT2D eigenvalue weighted by Crippen LogP contribution is 2.46. The number of nitrogens with two attached hydrogens (primary N) is 1. The minimum atomic E-state index is -2.10. The van der Waals surface area contributed by atoms with Crippen molar-refractivity contribution in [1.82, 2.24) is 31.9 Å². The Hall–Kier alpha value is -7.95. The van der Waals surface area contributed by atoms with Gasteiger partial charge in [-0.1, -0.05) is 50.2 Å². The molecule has 5 aliphatic rings. The number of aliphatic hydroxyl groups excluding tert-OH is 6. The number of likely N-dealkylation sites (N-methyl/N-ethyl adjacent to an activating group) is 1. The van der Waals surface area contributed by atoms with E-state index in [-0.39, 0.29) is 51.8 Å². The largest absolute Gasteiger partial charge is 0.508 e. The second-order valence-corrected chi connectivity index (χ2v) is 18.9. The fourth-order valence-electron chi connectivity index (χ4n) is 8.71. The van der Waals surface area contributed by atoms with Crippen molar-refractivity contribution in [3.8, 4) is 34.5 Å². The topological polar surface area (TPSA) is 416 Å². The Morgan fingerprint density at radius 2 is 1.22 bits per heavy atom. The Kier molecular flexibility index (Phi) is 18.0. The zero-order valence-corrected chi connectivity index (χ0v) is 41.4. The molecule has 412 valence electrons. The molecule has 5 heterocycles. The van der Waals surface area contributed by atoms with Crippen LogP contribution in [0.15, 0.2) is 84.9 Å². The van der Waals surface area contributed by atoms with Crippen molar-refractivity contribution in [3.63, 3.8) is 0 Å². The Morgan fingerprint density at radius 1 is 0.688 bits per heavy atom. The van der Waals surface area contributed by atoms with E-state index in [1.807, 2.05) is 13.8 Å². The number of carbonyl (C=O) groups is 7. The first-order valence-electron chi connectivity index (χ1n) is 24.1. The monoisotopic (exact) mass is 1070 g/mol. The van der Waals surface area contributed by atoms with Gasteiger partial charge in [-0.15, -0.1) is 0 Å². The minimum absolute atomic E-state index is 0.0154. The molecule has 4 aromatic carbocycles. The number of carboxylic acid groups (broad SMARTS) is 1. The SMILES string of the molecule is CN[C@H](CC(C)C)C(=O)N[C@@H]1C(=O)N[C@@H](CC(N)=O)C(=O)N[C@H]2C(=O)N[C@H](c3ccc(O)cc3)C(=O)N[C@@H](C(=O)O)[C@@H](O)c3ccc(cc3)Oc3cc2cc(c3O[C@@H]2O[C@H](CO)[C@@H](O)[C@H](O)[C@H]2O)Oc2ccc(cc2)[C@@H]1O. The molecule has 0 unspecified atom stereocenters. The van der Waals surface area contributed by atoms with Gasteiger partial charge in [0.1, 0.15) is 78.0 Å². The third-order valence-corrected chi connectivity index (χ3v) is 12.9. The quantitative estimate of drug-likeness (QED) is 0.0753. The number of aliphatic carboxylic acids is 1. The Labute approximate surface area is 438 Å². The van der Waals surface area contributed by atoms with Gasteiger partial charge in [-0.05, 0) is 90.2 Å². The van der Waals surface area contributed by atoms with Crippen molar-refractivity contribution in [2.75, 3.05) is 13.7 Å². The summed E-state index contributed by atoms with van der Waals surface area (Å²) in [6, 6.07) is 6.41. The molecule has 1 fully saturated rings. The summed E-state index contributed by atoms with van der Waals surface area (Å²) in [7, 11) is 1.51. The van der Waals surface area contributed by atoms with Crippen LogP contribution in [0.25, 0.3) is 0 Å². The number of primary amides is 1. The lowest BCUT2D eigenvalue weighted by atomic mass is 9.98. The number of phenols is 1. The van der Waals surface area contributed by atoms with E-state index in [4.69, 9.17) is 24.7 Å². The Bertz CT molecular complexity index is 2820. The zero-order chi connectivity index (χ0) is 56.0. The number of fused-ring (bicyclic) bond motifs is 16. The van der Waals surface area contributed by atoms with Crippen molar-refractivity contribution in [1.29, 1.82) is 0 Å². The number of nitrogens with one attached hydrogen (secondary N) is 6. The molecular formula is C51H59N7O19. The molecule has 0 aliphatic carbocycles. The first kappa shape index (κ1) is 56.8. The smallest absolute Gasteiger partial charge is 0.329 e. The van der Waals surface area contributed by atoms with E-state index in [2.05, 4.69) is 31.9 Å². The number of amides is 6. The van der Waals surface area contributed by atoms with Gasteiger partial charge < -0.3 is 97.4 Å². The Morgan fingerprint density at radius 3 is 1.75 bits per heavy atom. The summed E-state index contributed by atoms with van der Waals surface area (Å²) in [5.41, 5.74) is 5.20. The summed E-state index contributed by atoms with van der Waals surface area (Å²) in [5.74, 6) is -10.4. The molecular weight excluding hydrogens is 1010 g/mol. The Balaban J connectivity index is 1.47. The van der Waals surface area contributed by atoms with Crippen LogP contribution >= 0.6 is 0 Å². The molecule has 13 atom stereocenters. The fraction of sp³-hybridized carbons (Fsp3) is 0.392. The van der Waals surface area contributed by atoms with E-state index in [9.17, 15) is 69.6 Å². The average molecular weight is 1070 g/mol. The molecule has 6 amide bonds. The predicted molar refractivity (Wildman–Crippen MR) is 263 cm³/mol. The number of aliphatic hydroxyl groups is 6. The van der Waals surface area contributed by atoms with Crippen LogP contribution in [0.4, 0.5) is 0 Å². The van der Waals surface area contributed by atoms with Crippen molar-refractivity contribution in [3.05, 3.63) is 107 Å². The number of rotatable bonds is 12. The van der Waals surface area contributed by atoms with Gasteiger partial charge in [0.25, 0.3) is 0 Å². The summed E-state index contributed by atoms with van der Waals surface area (Å²) >= 11 is 0. The van der Waals surface area contributed by atoms with Crippen LogP contribution < -0.4 is 51.8 Å². The highest BCUT2D eigenvalue weighted by atomic mass is 16.7. The van der Waals surface area contributed by atoms with Crippen LogP contribution in [0, 0.1) is 5.92 Å². The van der Waals surface area contributed by atoms with Crippen LogP contribution in [0.2, 0.25) is 0 Å². The highest BCUT2D eigenvalue weighted by Gasteiger charge is 2.46. The molecule has 4 aromatic rings. The number of carboxylic acids is 1.